The maximum atomic E-state index is 12.0. The monoisotopic (exact) mass is 326 g/mol. The number of rotatable bonds is 4. The Labute approximate surface area is 141 Å². The molecule has 0 aromatic heterocycles. The number of anilines is 2. The fourth-order valence-corrected chi connectivity index (χ4v) is 2.09. The molecule has 2 rings (SSSR count). The average molecular weight is 326 g/mol. The molecular formula is C19H22N2O3. The molecule has 24 heavy (non-hydrogen) atoms. The van der Waals surface area contributed by atoms with Gasteiger partial charge >= 0.3 is 6.09 Å². The normalized spacial score (nSPS) is 11.0. The Hall–Kier alpha value is -2.82. The van der Waals surface area contributed by atoms with Crippen LogP contribution >= 0.6 is 0 Å². The highest BCUT2D eigenvalue weighted by Crippen LogP contribution is 2.19. The van der Waals surface area contributed by atoms with E-state index < -0.39 is 11.5 Å². The summed E-state index contributed by atoms with van der Waals surface area (Å²) in [6, 6.07) is 15.0. The van der Waals surface area contributed by atoms with Crippen molar-refractivity contribution in [3.8, 4) is 0 Å². The van der Waals surface area contributed by atoms with E-state index in [4.69, 9.17) is 5.11 Å². The lowest BCUT2D eigenvalue weighted by Gasteiger charge is -2.17. The van der Waals surface area contributed by atoms with E-state index in [1.165, 1.54) is 0 Å². The van der Waals surface area contributed by atoms with Crippen LogP contribution in [0.3, 0.4) is 0 Å². The van der Waals surface area contributed by atoms with E-state index in [1.807, 2.05) is 57.2 Å². The number of carbonyl (C=O) groups excluding carboxylic acids is 1. The van der Waals surface area contributed by atoms with Crippen molar-refractivity contribution in [2.45, 2.75) is 27.2 Å². The third kappa shape index (κ3) is 5.12. The Balaban J connectivity index is 1.98. The summed E-state index contributed by atoms with van der Waals surface area (Å²) in [5, 5.41) is 13.9. The van der Waals surface area contributed by atoms with Crippen LogP contribution in [0.5, 0.6) is 0 Å². The molecule has 5 heteroatoms. The maximum absolute atomic E-state index is 12.0. The van der Waals surface area contributed by atoms with Crippen LogP contribution in [0.1, 0.15) is 31.9 Å². The maximum Gasteiger partial charge on any atom is 0.409 e. The Morgan fingerprint density at radius 3 is 1.62 bits per heavy atom. The molecule has 0 heterocycles. The number of nitrogens with one attached hydrogen (secondary N) is 2. The van der Waals surface area contributed by atoms with E-state index in [9.17, 15) is 9.59 Å². The lowest BCUT2D eigenvalue weighted by molar-refractivity contribution is -0.123. The number of hydrogen-bond acceptors (Lipinski definition) is 2. The van der Waals surface area contributed by atoms with Crippen LogP contribution in [0.2, 0.25) is 0 Å². The summed E-state index contributed by atoms with van der Waals surface area (Å²) in [6.45, 7) is 5.62. The molecule has 126 valence electrons. The minimum Gasteiger partial charge on any atom is -0.465 e. The van der Waals surface area contributed by atoms with Crippen molar-refractivity contribution in [1.29, 1.82) is 0 Å². The summed E-state index contributed by atoms with van der Waals surface area (Å²) in [7, 11) is 0. The van der Waals surface area contributed by atoms with Crippen LogP contribution in [0, 0.1) is 5.41 Å². The van der Waals surface area contributed by atoms with E-state index in [1.54, 1.807) is 12.1 Å². The molecule has 0 atom stereocenters. The van der Waals surface area contributed by atoms with Gasteiger partial charge in [0.2, 0.25) is 5.91 Å². The molecule has 0 spiro atoms. The second-order valence-electron chi connectivity index (χ2n) is 6.70. The van der Waals surface area contributed by atoms with Gasteiger partial charge in [-0.3, -0.25) is 10.1 Å². The SMILES string of the molecule is CC(C)(C)C(=O)Nc1ccc(Cc2ccc(NC(=O)O)cc2)cc1. The van der Waals surface area contributed by atoms with Crippen molar-refractivity contribution in [2.24, 2.45) is 5.41 Å². The molecule has 2 amide bonds. The molecule has 0 fully saturated rings. The zero-order valence-corrected chi connectivity index (χ0v) is 14.1. The van der Waals surface area contributed by atoms with Gasteiger partial charge in [0, 0.05) is 16.8 Å². The van der Waals surface area contributed by atoms with Gasteiger partial charge in [0.25, 0.3) is 0 Å². The first-order chi connectivity index (χ1) is 11.2. The van der Waals surface area contributed by atoms with Gasteiger partial charge in [-0.05, 0) is 41.8 Å². The fourth-order valence-electron chi connectivity index (χ4n) is 2.09. The molecule has 5 nitrogen and oxygen atoms in total. The van der Waals surface area contributed by atoms with Crippen LogP contribution in [-0.2, 0) is 11.2 Å². The third-order valence-corrected chi connectivity index (χ3v) is 3.51. The summed E-state index contributed by atoms with van der Waals surface area (Å²) >= 11 is 0. The molecule has 3 N–H and O–H groups in total. The summed E-state index contributed by atoms with van der Waals surface area (Å²) < 4.78 is 0. The van der Waals surface area contributed by atoms with E-state index in [0.29, 0.717) is 5.69 Å². The van der Waals surface area contributed by atoms with E-state index >= 15 is 0 Å². The second-order valence-corrected chi connectivity index (χ2v) is 6.70. The van der Waals surface area contributed by atoms with Gasteiger partial charge in [-0.2, -0.15) is 0 Å². The standard InChI is InChI=1S/C19H22N2O3/c1-19(2,3)17(22)20-15-8-4-13(5-9-15)12-14-6-10-16(11-7-14)21-18(23)24/h4-11,21H,12H2,1-3H3,(H,20,22)(H,23,24). The Morgan fingerprint density at radius 1 is 0.833 bits per heavy atom. The molecule has 0 radical (unpaired) electrons. The topological polar surface area (TPSA) is 78.4 Å². The Kier molecular flexibility index (Phi) is 5.24. The van der Waals surface area contributed by atoms with E-state index in [2.05, 4.69) is 10.6 Å². The van der Waals surface area contributed by atoms with Crippen molar-refractivity contribution in [2.75, 3.05) is 10.6 Å². The molecule has 0 aliphatic carbocycles. The molecule has 2 aromatic carbocycles. The minimum absolute atomic E-state index is 0.0169. The number of amides is 2. The predicted molar refractivity (Wildman–Crippen MR) is 95.4 cm³/mol. The first-order valence-corrected chi connectivity index (χ1v) is 7.73. The quantitative estimate of drug-likeness (QED) is 0.781. The van der Waals surface area contributed by atoms with Crippen LogP contribution < -0.4 is 10.6 Å². The number of carboxylic acid groups (broad SMARTS) is 1. The Bertz CT molecular complexity index is 714. The first-order valence-electron chi connectivity index (χ1n) is 7.73. The van der Waals surface area contributed by atoms with Crippen LogP contribution in [0.4, 0.5) is 16.2 Å². The first kappa shape index (κ1) is 17.5. The van der Waals surface area contributed by atoms with Crippen molar-refractivity contribution in [3.05, 3.63) is 59.7 Å². The molecule has 0 aliphatic rings. The zero-order chi connectivity index (χ0) is 17.7. The summed E-state index contributed by atoms with van der Waals surface area (Å²) in [5.74, 6) is -0.0169. The van der Waals surface area contributed by atoms with Crippen molar-refractivity contribution in [1.82, 2.24) is 0 Å². The molecule has 2 aromatic rings. The van der Waals surface area contributed by atoms with Gasteiger partial charge in [-0.25, -0.2) is 4.79 Å². The molecular weight excluding hydrogens is 304 g/mol. The summed E-state index contributed by atoms with van der Waals surface area (Å²) in [6.07, 6.45) is -0.337. The average Bonchev–Trinajstić information content (AvgIpc) is 2.50. The molecule has 0 saturated heterocycles. The Morgan fingerprint density at radius 2 is 1.25 bits per heavy atom. The van der Waals surface area contributed by atoms with Crippen molar-refractivity contribution in [3.63, 3.8) is 0 Å². The molecule has 0 bridgehead atoms. The fraction of sp³-hybridized carbons (Fsp3) is 0.263. The van der Waals surface area contributed by atoms with Crippen LogP contribution in [0.15, 0.2) is 48.5 Å². The van der Waals surface area contributed by atoms with E-state index in [0.717, 1.165) is 23.2 Å². The number of hydrogen-bond donors (Lipinski definition) is 3. The van der Waals surface area contributed by atoms with Crippen LogP contribution in [-0.4, -0.2) is 17.1 Å². The van der Waals surface area contributed by atoms with Gasteiger partial charge in [0.15, 0.2) is 0 Å². The van der Waals surface area contributed by atoms with Gasteiger partial charge in [-0.1, -0.05) is 45.0 Å². The lowest BCUT2D eigenvalue weighted by Crippen LogP contribution is -2.27. The van der Waals surface area contributed by atoms with Crippen LogP contribution in [0.25, 0.3) is 0 Å². The van der Waals surface area contributed by atoms with Crippen molar-refractivity contribution < 1.29 is 14.7 Å². The number of benzene rings is 2. The smallest absolute Gasteiger partial charge is 0.409 e. The lowest BCUT2D eigenvalue weighted by atomic mass is 9.95. The molecule has 0 saturated carbocycles. The highest BCUT2D eigenvalue weighted by atomic mass is 16.4. The second kappa shape index (κ2) is 7.17. The minimum atomic E-state index is -1.07. The summed E-state index contributed by atoms with van der Waals surface area (Å²) in [4.78, 5) is 22.5. The summed E-state index contributed by atoms with van der Waals surface area (Å²) in [5.41, 5.74) is 3.09. The number of carbonyl (C=O) groups is 2. The predicted octanol–water partition coefficient (Wildman–Crippen LogP) is 4.35. The highest BCUT2D eigenvalue weighted by Gasteiger charge is 2.20. The zero-order valence-electron chi connectivity index (χ0n) is 14.1. The van der Waals surface area contributed by atoms with Gasteiger partial charge in [-0.15, -0.1) is 0 Å². The van der Waals surface area contributed by atoms with Gasteiger partial charge < -0.3 is 10.4 Å². The molecule has 0 aliphatic heterocycles. The van der Waals surface area contributed by atoms with E-state index in [-0.39, 0.29) is 5.91 Å². The van der Waals surface area contributed by atoms with Gasteiger partial charge in [0.1, 0.15) is 0 Å². The highest BCUT2D eigenvalue weighted by molar-refractivity contribution is 5.94. The molecule has 0 unspecified atom stereocenters. The van der Waals surface area contributed by atoms with Crippen molar-refractivity contribution >= 4 is 23.4 Å². The van der Waals surface area contributed by atoms with Gasteiger partial charge in [0.05, 0.1) is 0 Å². The third-order valence-electron chi connectivity index (χ3n) is 3.51. The largest absolute Gasteiger partial charge is 0.465 e.